The predicted octanol–water partition coefficient (Wildman–Crippen LogP) is 3.53. The summed E-state index contributed by atoms with van der Waals surface area (Å²) in [5.41, 5.74) is 1.78. The molecule has 0 saturated carbocycles. The smallest absolute Gasteiger partial charge is 0.270 e. The molecule has 0 bridgehead atoms. The van der Waals surface area contributed by atoms with Gasteiger partial charge in [-0.05, 0) is 23.1 Å². The van der Waals surface area contributed by atoms with Crippen LogP contribution >= 0.6 is 0 Å². The first-order valence-corrected chi connectivity index (χ1v) is 7.31. The number of non-ortho nitro benzene ring substituents is 1. The van der Waals surface area contributed by atoms with Crippen LogP contribution in [0.25, 0.3) is 6.08 Å². The minimum Gasteiger partial charge on any atom is -0.352 e. The van der Waals surface area contributed by atoms with Gasteiger partial charge >= 0.3 is 0 Å². The second-order valence-electron chi connectivity index (χ2n) is 5.24. The van der Waals surface area contributed by atoms with Crippen molar-refractivity contribution < 1.29 is 9.72 Å². The largest absolute Gasteiger partial charge is 0.352 e. The molecule has 1 N–H and O–H groups in total. The quantitative estimate of drug-likeness (QED) is 0.504. The number of rotatable bonds is 6. The highest BCUT2D eigenvalue weighted by Crippen LogP contribution is 2.14. The van der Waals surface area contributed by atoms with Crippen LogP contribution < -0.4 is 5.32 Å². The fourth-order valence-corrected chi connectivity index (χ4v) is 2.13. The Kier molecular flexibility index (Phi) is 5.63. The van der Waals surface area contributed by atoms with Crippen LogP contribution in [0.3, 0.4) is 0 Å². The second kappa shape index (κ2) is 7.89. The molecule has 0 heterocycles. The fourth-order valence-electron chi connectivity index (χ4n) is 2.13. The van der Waals surface area contributed by atoms with Crippen LogP contribution in [0.4, 0.5) is 5.69 Å². The summed E-state index contributed by atoms with van der Waals surface area (Å²) < 4.78 is 0. The lowest BCUT2D eigenvalue weighted by atomic mass is 10.0. The summed E-state index contributed by atoms with van der Waals surface area (Å²) in [4.78, 5) is 22.1. The number of nitrogens with one attached hydrogen (secondary N) is 1. The molecular weight excluding hydrogens is 292 g/mol. The molecule has 0 radical (unpaired) electrons. The molecule has 5 nitrogen and oxygen atoms in total. The molecule has 0 spiro atoms. The van der Waals surface area contributed by atoms with E-state index >= 15 is 0 Å². The van der Waals surface area contributed by atoms with Crippen molar-refractivity contribution in [1.29, 1.82) is 0 Å². The standard InChI is InChI=1S/C18H18N2O3/c1-14(16-7-3-2-4-8-16)13-19-18(21)11-10-15-6-5-9-17(12-15)20(22)23/h2-12,14H,13H2,1H3,(H,19,21)/b11-10+/t14-/m1/s1. The Bertz CT molecular complexity index is 711. The molecule has 1 atom stereocenters. The van der Waals surface area contributed by atoms with Gasteiger partial charge in [-0.15, -0.1) is 0 Å². The molecule has 5 heteroatoms. The van der Waals surface area contributed by atoms with Gasteiger partial charge in [-0.3, -0.25) is 14.9 Å². The Morgan fingerprint density at radius 2 is 1.96 bits per heavy atom. The van der Waals surface area contributed by atoms with Crippen molar-refractivity contribution in [2.45, 2.75) is 12.8 Å². The van der Waals surface area contributed by atoms with E-state index in [-0.39, 0.29) is 17.5 Å². The molecule has 2 rings (SSSR count). The number of nitro groups is 1. The van der Waals surface area contributed by atoms with Crippen LogP contribution in [-0.4, -0.2) is 17.4 Å². The predicted molar refractivity (Wildman–Crippen MR) is 90.0 cm³/mol. The first kappa shape index (κ1) is 16.4. The third kappa shape index (κ3) is 5.07. The van der Waals surface area contributed by atoms with Gasteiger partial charge in [-0.2, -0.15) is 0 Å². The number of benzene rings is 2. The number of nitrogens with zero attached hydrogens (tertiary/aromatic N) is 1. The maximum Gasteiger partial charge on any atom is 0.270 e. The number of amides is 1. The van der Waals surface area contributed by atoms with Crippen LogP contribution in [0, 0.1) is 10.1 Å². The number of nitro benzene ring substituents is 1. The van der Waals surface area contributed by atoms with Crippen molar-refractivity contribution in [3.8, 4) is 0 Å². The summed E-state index contributed by atoms with van der Waals surface area (Å²) in [6.07, 6.45) is 2.95. The zero-order valence-corrected chi connectivity index (χ0v) is 12.8. The van der Waals surface area contributed by atoms with Crippen molar-refractivity contribution in [2.24, 2.45) is 0 Å². The number of hydrogen-bond acceptors (Lipinski definition) is 3. The molecule has 118 valence electrons. The summed E-state index contributed by atoms with van der Waals surface area (Å²) in [6, 6.07) is 16.1. The van der Waals surface area contributed by atoms with Crippen molar-refractivity contribution in [3.05, 3.63) is 81.9 Å². The number of carbonyl (C=O) groups excluding carboxylic acids is 1. The summed E-state index contributed by atoms with van der Waals surface area (Å²) in [7, 11) is 0. The minimum absolute atomic E-state index is 0.00487. The molecule has 2 aromatic carbocycles. The zero-order valence-electron chi connectivity index (χ0n) is 12.8. The Labute approximate surface area is 134 Å². The Hall–Kier alpha value is -2.95. The first-order chi connectivity index (χ1) is 11.1. The monoisotopic (exact) mass is 310 g/mol. The Morgan fingerprint density at radius 1 is 1.22 bits per heavy atom. The van der Waals surface area contributed by atoms with Gasteiger partial charge in [0.05, 0.1) is 4.92 Å². The SMILES string of the molecule is C[C@H](CNC(=O)/C=C/c1cccc([N+](=O)[O-])c1)c1ccccc1. The molecule has 0 aliphatic heterocycles. The van der Waals surface area contributed by atoms with E-state index in [2.05, 4.69) is 5.32 Å². The van der Waals surface area contributed by atoms with Crippen LogP contribution in [0.5, 0.6) is 0 Å². The average Bonchev–Trinajstić information content (AvgIpc) is 2.58. The van der Waals surface area contributed by atoms with E-state index in [0.29, 0.717) is 12.1 Å². The van der Waals surface area contributed by atoms with E-state index in [9.17, 15) is 14.9 Å². The molecule has 2 aromatic rings. The van der Waals surface area contributed by atoms with Gasteiger partial charge in [0.25, 0.3) is 5.69 Å². The van der Waals surface area contributed by atoms with Crippen molar-refractivity contribution in [1.82, 2.24) is 5.32 Å². The Balaban J connectivity index is 1.89. The van der Waals surface area contributed by atoms with Crippen molar-refractivity contribution in [3.63, 3.8) is 0 Å². The highest BCUT2D eigenvalue weighted by Gasteiger charge is 2.06. The van der Waals surface area contributed by atoms with Gasteiger partial charge < -0.3 is 5.32 Å². The molecule has 0 saturated heterocycles. The van der Waals surface area contributed by atoms with E-state index in [0.717, 1.165) is 5.56 Å². The third-order valence-corrected chi connectivity index (χ3v) is 3.46. The molecular formula is C18H18N2O3. The lowest BCUT2D eigenvalue weighted by Gasteiger charge is -2.11. The van der Waals surface area contributed by atoms with Crippen LogP contribution in [-0.2, 0) is 4.79 Å². The molecule has 23 heavy (non-hydrogen) atoms. The highest BCUT2D eigenvalue weighted by atomic mass is 16.6. The summed E-state index contributed by atoms with van der Waals surface area (Å²) >= 11 is 0. The molecule has 0 aromatic heterocycles. The Morgan fingerprint density at radius 3 is 2.65 bits per heavy atom. The average molecular weight is 310 g/mol. The van der Waals surface area contributed by atoms with E-state index in [4.69, 9.17) is 0 Å². The van der Waals surface area contributed by atoms with E-state index < -0.39 is 4.92 Å². The summed E-state index contributed by atoms with van der Waals surface area (Å²) in [6.45, 7) is 2.57. The van der Waals surface area contributed by atoms with E-state index in [1.54, 1.807) is 18.2 Å². The van der Waals surface area contributed by atoms with E-state index in [1.807, 2.05) is 37.3 Å². The van der Waals surface area contributed by atoms with Crippen molar-refractivity contribution in [2.75, 3.05) is 6.54 Å². The fraction of sp³-hybridized carbons (Fsp3) is 0.167. The van der Waals surface area contributed by atoms with Gasteiger partial charge in [0.15, 0.2) is 0 Å². The van der Waals surface area contributed by atoms with Crippen LogP contribution in [0.15, 0.2) is 60.7 Å². The van der Waals surface area contributed by atoms with Gasteiger partial charge in [0.1, 0.15) is 0 Å². The normalized spacial score (nSPS) is 12.0. The minimum atomic E-state index is -0.459. The number of hydrogen-bond donors (Lipinski definition) is 1. The van der Waals surface area contributed by atoms with Gasteiger partial charge in [-0.25, -0.2) is 0 Å². The molecule has 0 aliphatic carbocycles. The first-order valence-electron chi connectivity index (χ1n) is 7.31. The van der Waals surface area contributed by atoms with Gasteiger partial charge in [0, 0.05) is 24.8 Å². The van der Waals surface area contributed by atoms with E-state index in [1.165, 1.54) is 18.2 Å². The third-order valence-electron chi connectivity index (χ3n) is 3.46. The van der Waals surface area contributed by atoms with Crippen LogP contribution in [0.2, 0.25) is 0 Å². The molecule has 0 aliphatic rings. The molecule has 1 amide bonds. The highest BCUT2D eigenvalue weighted by molar-refractivity contribution is 5.91. The van der Waals surface area contributed by atoms with Crippen molar-refractivity contribution >= 4 is 17.7 Å². The van der Waals surface area contributed by atoms with Crippen LogP contribution in [0.1, 0.15) is 24.0 Å². The lowest BCUT2D eigenvalue weighted by Crippen LogP contribution is -2.25. The maximum atomic E-state index is 11.8. The maximum absolute atomic E-state index is 11.8. The zero-order chi connectivity index (χ0) is 16.7. The summed E-state index contributed by atoms with van der Waals surface area (Å²) in [5.74, 6) is -0.00866. The molecule has 0 unspecified atom stereocenters. The van der Waals surface area contributed by atoms with Gasteiger partial charge in [-0.1, -0.05) is 49.4 Å². The number of carbonyl (C=O) groups is 1. The second-order valence-corrected chi connectivity index (χ2v) is 5.24. The topological polar surface area (TPSA) is 72.2 Å². The van der Waals surface area contributed by atoms with Gasteiger partial charge in [0.2, 0.25) is 5.91 Å². The summed E-state index contributed by atoms with van der Waals surface area (Å²) in [5, 5.41) is 13.5. The lowest BCUT2D eigenvalue weighted by molar-refractivity contribution is -0.384. The molecule has 0 fully saturated rings.